The number of hydrogen-bond acceptors (Lipinski definition) is 2. The van der Waals surface area contributed by atoms with Gasteiger partial charge >= 0.3 is 5.97 Å². The fourth-order valence-corrected chi connectivity index (χ4v) is 2.68. The van der Waals surface area contributed by atoms with Crippen molar-refractivity contribution in [2.75, 3.05) is 13.1 Å². The van der Waals surface area contributed by atoms with Gasteiger partial charge in [-0.1, -0.05) is 26.7 Å². The van der Waals surface area contributed by atoms with Crippen LogP contribution in [0.2, 0.25) is 0 Å². The molecule has 0 aliphatic heterocycles. The van der Waals surface area contributed by atoms with Crippen molar-refractivity contribution in [1.29, 1.82) is 0 Å². The Morgan fingerprint density at radius 1 is 1.35 bits per heavy atom. The molecular formula is C14H27NO2. The molecule has 0 radical (unpaired) electrons. The summed E-state index contributed by atoms with van der Waals surface area (Å²) in [4.78, 5) is 13.0. The maximum absolute atomic E-state index is 10.9. The second-order valence-electron chi connectivity index (χ2n) is 5.71. The van der Waals surface area contributed by atoms with Gasteiger partial charge in [-0.25, -0.2) is 0 Å². The van der Waals surface area contributed by atoms with Crippen molar-refractivity contribution in [2.45, 2.75) is 58.9 Å². The van der Waals surface area contributed by atoms with E-state index in [1.165, 1.54) is 25.7 Å². The Bertz CT molecular complexity index is 234. The summed E-state index contributed by atoms with van der Waals surface area (Å²) < 4.78 is 0. The number of rotatable bonds is 6. The third-order valence-corrected chi connectivity index (χ3v) is 4.18. The van der Waals surface area contributed by atoms with E-state index < -0.39 is 5.97 Å². The second kappa shape index (κ2) is 7.00. The van der Waals surface area contributed by atoms with Gasteiger partial charge in [-0.15, -0.1) is 0 Å². The topological polar surface area (TPSA) is 40.5 Å². The standard InChI is InChI=1S/C14H27NO2/c1-4-12(3)15(10-14(16)17)9-13-7-5-11(2)6-8-13/h11-13H,4-10H2,1-3H3,(H,16,17). The summed E-state index contributed by atoms with van der Waals surface area (Å²) in [5, 5.41) is 8.96. The van der Waals surface area contributed by atoms with Gasteiger partial charge in [0.25, 0.3) is 0 Å². The van der Waals surface area contributed by atoms with E-state index in [0.717, 1.165) is 18.9 Å². The van der Waals surface area contributed by atoms with Crippen LogP contribution >= 0.6 is 0 Å². The minimum absolute atomic E-state index is 0.195. The fraction of sp³-hybridized carbons (Fsp3) is 0.929. The predicted octanol–water partition coefficient (Wildman–Crippen LogP) is 3.00. The zero-order valence-electron chi connectivity index (χ0n) is 11.5. The number of carboxylic acids is 1. The Morgan fingerprint density at radius 2 is 1.94 bits per heavy atom. The zero-order valence-corrected chi connectivity index (χ0v) is 11.5. The summed E-state index contributed by atoms with van der Waals surface area (Å²) in [6.07, 6.45) is 6.19. The second-order valence-corrected chi connectivity index (χ2v) is 5.71. The number of hydrogen-bond donors (Lipinski definition) is 1. The van der Waals surface area contributed by atoms with Crippen LogP contribution < -0.4 is 0 Å². The molecule has 1 aliphatic rings. The summed E-state index contributed by atoms with van der Waals surface area (Å²) in [6.45, 7) is 7.74. The minimum atomic E-state index is -0.700. The molecule has 0 heterocycles. The Labute approximate surface area is 105 Å². The largest absolute Gasteiger partial charge is 0.480 e. The third kappa shape index (κ3) is 5.07. The maximum atomic E-state index is 10.9. The molecule has 3 heteroatoms. The van der Waals surface area contributed by atoms with Gasteiger partial charge in [-0.05, 0) is 38.0 Å². The van der Waals surface area contributed by atoms with Crippen LogP contribution in [0.1, 0.15) is 52.9 Å². The lowest BCUT2D eigenvalue weighted by molar-refractivity contribution is -0.139. The number of aliphatic carboxylic acids is 1. The van der Waals surface area contributed by atoms with E-state index in [0.29, 0.717) is 12.0 Å². The Balaban J connectivity index is 2.44. The smallest absolute Gasteiger partial charge is 0.317 e. The van der Waals surface area contributed by atoms with Crippen LogP contribution in [0.15, 0.2) is 0 Å². The summed E-state index contributed by atoms with van der Waals surface area (Å²) in [6, 6.07) is 0.380. The predicted molar refractivity (Wildman–Crippen MR) is 70.1 cm³/mol. The van der Waals surface area contributed by atoms with Gasteiger partial charge in [-0.3, -0.25) is 9.69 Å². The lowest BCUT2D eigenvalue weighted by Gasteiger charge is -2.33. The van der Waals surface area contributed by atoms with Crippen molar-refractivity contribution < 1.29 is 9.90 Å². The molecular weight excluding hydrogens is 214 g/mol. The molecule has 0 spiro atoms. The number of nitrogens with zero attached hydrogens (tertiary/aromatic N) is 1. The highest BCUT2D eigenvalue weighted by atomic mass is 16.4. The molecule has 0 aromatic carbocycles. The first-order valence-electron chi connectivity index (χ1n) is 6.98. The van der Waals surface area contributed by atoms with E-state index >= 15 is 0 Å². The maximum Gasteiger partial charge on any atom is 0.317 e. The van der Waals surface area contributed by atoms with Gasteiger partial charge in [0.1, 0.15) is 0 Å². The van der Waals surface area contributed by atoms with Crippen LogP contribution in [-0.2, 0) is 4.79 Å². The average Bonchev–Trinajstić information content (AvgIpc) is 2.29. The van der Waals surface area contributed by atoms with Gasteiger partial charge < -0.3 is 5.11 Å². The van der Waals surface area contributed by atoms with Crippen LogP contribution in [0.25, 0.3) is 0 Å². The van der Waals surface area contributed by atoms with Gasteiger partial charge in [0, 0.05) is 12.6 Å². The Morgan fingerprint density at radius 3 is 2.41 bits per heavy atom. The van der Waals surface area contributed by atoms with E-state index in [1.807, 2.05) is 0 Å². The molecule has 0 amide bonds. The fourth-order valence-electron chi connectivity index (χ4n) is 2.68. The van der Waals surface area contributed by atoms with Crippen molar-refractivity contribution in [3.63, 3.8) is 0 Å². The molecule has 1 saturated carbocycles. The zero-order chi connectivity index (χ0) is 12.8. The van der Waals surface area contributed by atoms with Gasteiger partial charge in [-0.2, -0.15) is 0 Å². The highest BCUT2D eigenvalue weighted by molar-refractivity contribution is 5.69. The van der Waals surface area contributed by atoms with Gasteiger partial charge in [0.05, 0.1) is 6.54 Å². The summed E-state index contributed by atoms with van der Waals surface area (Å²) in [7, 11) is 0. The first kappa shape index (κ1) is 14.5. The summed E-state index contributed by atoms with van der Waals surface area (Å²) >= 11 is 0. The molecule has 1 unspecified atom stereocenters. The van der Waals surface area contributed by atoms with Crippen LogP contribution in [-0.4, -0.2) is 35.1 Å². The molecule has 0 bridgehead atoms. The molecule has 1 rings (SSSR count). The summed E-state index contributed by atoms with van der Waals surface area (Å²) in [5.41, 5.74) is 0. The first-order valence-corrected chi connectivity index (χ1v) is 6.98. The van der Waals surface area contributed by atoms with Crippen molar-refractivity contribution in [3.8, 4) is 0 Å². The summed E-state index contributed by atoms with van der Waals surface area (Å²) in [5.74, 6) is 0.872. The van der Waals surface area contributed by atoms with Crippen molar-refractivity contribution >= 4 is 5.97 Å². The van der Waals surface area contributed by atoms with Gasteiger partial charge in [0.2, 0.25) is 0 Å². The lowest BCUT2D eigenvalue weighted by Crippen LogP contribution is -2.41. The minimum Gasteiger partial charge on any atom is -0.480 e. The van der Waals surface area contributed by atoms with Gasteiger partial charge in [0.15, 0.2) is 0 Å². The highest BCUT2D eigenvalue weighted by Gasteiger charge is 2.23. The Hall–Kier alpha value is -0.570. The molecule has 1 fully saturated rings. The van der Waals surface area contributed by atoms with Crippen LogP contribution in [0.3, 0.4) is 0 Å². The highest BCUT2D eigenvalue weighted by Crippen LogP contribution is 2.29. The van der Waals surface area contributed by atoms with E-state index in [4.69, 9.17) is 5.11 Å². The normalized spacial score (nSPS) is 27.1. The number of carbonyl (C=O) groups is 1. The molecule has 100 valence electrons. The molecule has 0 saturated heterocycles. The molecule has 1 N–H and O–H groups in total. The molecule has 1 atom stereocenters. The van der Waals surface area contributed by atoms with E-state index in [2.05, 4.69) is 25.7 Å². The molecule has 0 aromatic heterocycles. The molecule has 1 aliphatic carbocycles. The molecule has 0 aromatic rings. The number of carboxylic acid groups (broad SMARTS) is 1. The SMILES string of the molecule is CCC(C)N(CC(=O)O)CC1CCC(C)CC1. The van der Waals surface area contributed by atoms with Crippen molar-refractivity contribution in [1.82, 2.24) is 4.90 Å². The average molecular weight is 241 g/mol. The molecule has 3 nitrogen and oxygen atoms in total. The van der Waals surface area contributed by atoms with E-state index in [9.17, 15) is 4.79 Å². The van der Waals surface area contributed by atoms with E-state index in [1.54, 1.807) is 0 Å². The van der Waals surface area contributed by atoms with Crippen molar-refractivity contribution in [3.05, 3.63) is 0 Å². The third-order valence-electron chi connectivity index (χ3n) is 4.18. The van der Waals surface area contributed by atoms with Crippen molar-refractivity contribution in [2.24, 2.45) is 11.8 Å². The van der Waals surface area contributed by atoms with Crippen LogP contribution in [0.5, 0.6) is 0 Å². The Kier molecular flexibility index (Phi) is 5.96. The monoisotopic (exact) mass is 241 g/mol. The lowest BCUT2D eigenvalue weighted by atomic mass is 9.82. The molecule has 17 heavy (non-hydrogen) atoms. The van der Waals surface area contributed by atoms with Crippen LogP contribution in [0, 0.1) is 11.8 Å². The quantitative estimate of drug-likeness (QED) is 0.777. The first-order chi connectivity index (χ1) is 8.02. The van der Waals surface area contributed by atoms with E-state index in [-0.39, 0.29) is 6.54 Å². The van der Waals surface area contributed by atoms with Crippen LogP contribution in [0.4, 0.5) is 0 Å².